The van der Waals surface area contributed by atoms with Crippen LogP contribution in [0.5, 0.6) is 0 Å². The Morgan fingerprint density at radius 2 is 1.81 bits per heavy atom. The molecule has 9 heteroatoms. The topological polar surface area (TPSA) is 106 Å². The number of hydrogen-bond donors (Lipinski definition) is 1. The maximum Gasteiger partial charge on any atom is 0.311 e. The number of nitrogens with one attached hydrogen (secondary N) is 1. The molecule has 0 atom stereocenters. The first kappa shape index (κ1) is 21.4. The summed E-state index contributed by atoms with van der Waals surface area (Å²) in [5.41, 5.74) is 2.25. The third kappa shape index (κ3) is 4.42. The van der Waals surface area contributed by atoms with Gasteiger partial charge < -0.3 is 4.74 Å². The molecular weight excluding hydrogens is 430 g/mol. The van der Waals surface area contributed by atoms with Crippen LogP contribution >= 0.6 is 11.3 Å². The van der Waals surface area contributed by atoms with Crippen LogP contribution in [0.15, 0.2) is 53.9 Å². The van der Waals surface area contributed by atoms with Crippen molar-refractivity contribution in [2.75, 3.05) is 19.0 Å². The minimum atomic E-state index is -0.463. The van der Waals surface area contributed by atoms with Gasteiger partial charge in [0.2, 0.25) is 0 Å². The predicted octanol–water partition coefficient (Wildman–Crippen LogP) is 2.95. The molecule has 1 aromatic heterocycles. The van der Waals surface area contributed by atoms with Crippen molar-refractivity contribution < 1.29 is 23.9 Å². The Balaban J connectivity index is 1.45. The molecule has 0 aliphatic carbocycles. The van der Waals surface area contributed by atoms with Gasteiger partial charge in [0.1, 0.15) is 0 Å². The first-order valence-corrected chi connectivity index (χ1v) is 10.7. The SMILES string of the molecule is COC(=O)Cc1csc(NC(=O)c2ccc3c(c2)C(=O)N(CCc2ccccc2)C3=O)n1. The molecule has 1 aliphatic heterocycles. The third-order valence-electron chi connectivity index (χ3n) is 5.03. The minimum absolute atomic E-state index is 0.0111. The van der Waals surface area contributed by atoms with E-state index in [2.05, 4.69) is 15.0 Å². The van der Waals surface area contributed by atoms with Crippen molar-refractivity contribution in [3.8, 4) is 0 Å². The highest BCUT2D eigenvalue weighted by molar-refractivity contribution is 7.14. The summed E-state index contributed by atoms with van der Waals surface area (Å²) in [6.45, 7) is 0.264. The molecule has 0 fully saturated rings. The van der Waals surface area contributed by atoms with Crippen molar-refractivity contribution in [1.82, 2.24) is 9.88 Å². The van der Waals surface area contributed by atoms with Gasteiger partial charge in [0, 0.05) is 17.5 Å². The van der Waals surface area contributed by atoms with Crippen molar-refractivity contribution >= 4 is 40.2 Å². The summed E-state index contributed by atoms with van der Waals surface area (Å²) < 4.78 is 4.60. The molecule has 2 heterocycles. The number of anilines is 1. The molecule has 1 N–H and O–H groups in total. The molecule has 8 nitrogen and oxygen atoms in total. The number of amides is 3. The molecule has 3 amide bonds. The summed E-state index contributed by atoms with van der Waals surface area (Å²) in [7, 11) is 1.29. The number of ether oxygens (including phenoxy) is 1. The standard InChI is InChI=1S/C23H19N3O5S/c1-31-19(27)12-16-13-32-23(24-16)25-20(28)15-7-8-17-18(11-15)22(30)26(21(17)29)10-9-14-5-3-2-4-6-14/h2-8,11,13H,9-10,12H2,1H3,(H,24,25,28). The lowest BCUT2D eigenvalue weighted by Crippen LogP contribution is -2.31. The maximum atomic E-state index is 12.8. The highest BCUT2D eigenvalue weighted by Crippen LogP contribution is 2.25. The van der Waals surface area contributed by atoms with Crippen LogP contribution in [-0.4, -0.2) is 47.2 Å². The molecule has 4 rings (SSSR count). The van der Waals surface area contributed by atoms with Crippen molar-refractivity contribution in [2.24, 2.45) is 0 Å². The molecule has 0 radical (unpaired) electrons. The van der Waals surface area contributed by atoms with Crippen LogP contribution in [0.25, 0.3) is 0 Å². The van der Waals surface area contributed by atoms with Crippen LogP contribution in [-0.2, 0) is 22.4 Å². The maximum absolute atomic E-state index is 12.8. The number of benzene rings is 2. The molecule has 2 aromatic carbocycles. The molecule has 0 saturated carbocycles. The quantitative estimate of drug-likeness (QED) is 0.439. The average Bonchev–Trinajstić information content (AvgIpc) is 3.34. The van der Waals surface area contributed by atoms with Crippen molar-refractivity contribution in [2.45, 2.75) is 12.8 Å². The highest BCUT2D eigenvalue weighted by Gasteiger charge is 2.35. The zero-order chi connectivity index (χ0) is 22.7. The number of methoxy groups -OCH3 is 1. The van der Waals surface area contributed by atoms with Crippen molar-refractivity contribution in [1.29, 1.82) is 0 Å². The van der Waals surface area contributed by atoms with E-state index in [1.54, 1.807) is 5.38 Å². The molecule has 0 spiro atoms. The van der Waals surface area contributed by atoms with Gasteiger partial charge in [0.25, 0.3) is 17.7 Å². The van der Waals surface area contributed by atoms with Gasteiger partial charge >= 0.3 is 5.97 Å². The first-order valence-electron chi connectivity index (χ1n) is 9.83. The summed E-state index contributed by atoms with van der Waals surface area (Å²) in [6.07, 6.45) is 0.564. The molecule has 162 valence electrons. The highest BCUT2D eigenvalue weighted by atomic mass is 32.1. The largest absolute Gasteiger partial charge is 0.469 e. The second-order valence-electron chi connectivity index (χ2n) is 7.11. The molecule has 0 saturated heterocycles. The number of nitrogens with zero attached hydrogens (tertiary/aromatic N) is 2. The van der Waals surface area contributed by atoms with E-state index in [0.717, 1.165) is 5.56 Å². The zero-order valence-corrected chi connectivity index (χ0v) is 18.0. The second-order valence-corrected chi connectivity index (χ2v) is 7.97. The molecule has 32 heavy (non-hydrogen) atoms. The summed E-state index contributed by atoms with van der Waals surface area (Å²) >= 11 is 1.18. The van der Waals surface area contributed by atoms with Crippen molar-refractivity contribution in [3.63, 3.8) is 0 Å². The number of hydrogen-bond acceptors (Lipinski definition) is 7. The number of carbonyl (C=O) groups excluding carboxylic acids is 4. The van der Waals surface area contributed by atoms with Gasteiger partial charge in [-0.05, 0) is 30.2 Å². The second kappa shape index (κ2) is 9.11. The van der Waals surface area contributed by atoms with E-state index in [4.69, 9.17) is 0 Å². The Kier molecular flexibility index (Phi) is 6.09. The van der Waals surface area contributed by atoms with Gasteiger partial charge in [-0.25, -0.2) is 4.98 Å². The Morgan fingerprint density at radius 3 is 2.56 bits per heavy atom. The van der Waals surface area contributed by atoms with E-state index in [9.17, 15) is 19.2 Å². The number of rotatable bonds is 7. The van der Waals surface area contributed by atoms with E-state index in [-0.39, 0.29) is 35.6 Å². The van der Waals surface area contributed by atoms with E-state index < -0.39 is 17.8 Å². The van der Waals surface area contributed by atoms with Gasteiger partial charge in [-0.15, -0.1) is 11.3 Å². The molecule has 0 unspecified atom stereocenters. The Morgan fingerprint density at radius 1 is 1.06 bits per heavy atom. The van der Waals surface area contributed by atoms with Crippen LogP contribution in [0.4, 0.5) is 5.13 Å². The number of carbonyl (C=O) groups is 4. The molecular formula is C23H19N3O5S. The van der Waals surface area contributed by atoms with E-state index >= 15 is 0 Å². The van der Waals surface area contributed by atoms with Crippen LogP contribution in [0.2, 0.25) is 0 Å². The fourth-order valence-electron chi connectivity index (χ4n) is 3.36. The fourth-order valence-corrected chi connectivity index (χ4v) is 4.06. The fraction of sp³-hybridized carbons (Fsp3) is 0.174. The van der Waals surface area contributed by atoms with Gasteiger partial charge in [-0.2, -0.15) is 0 Å². The zero-order valence-electron chi connectivity index (χ0n) is 17.2. The summed E-state index contributed by atoms with van der Waals surface area (Å²) in [5.74, 6) is -1.66. The molecule has 3 aromatic rings. The third-order valence-corrected chi connectivity index (χ3v) is 5.83. The number of thiazole rings is 1. The van der Waals surface area contributed by atoms with Gasteiger partial charge in [-0.3, -0.25) is 29.4 Å². The molecule has 1 aliphatic rings. The van der Waals surface area contributed by atoms with Crippen LogP contribution in [0.1, 0.15) is 42.3 Å². The van der Waals surface area contributed by atoms with Crippen molar-refractivity contribution in [3.05, 3.63) is 81.9 Å². The van der Waals surface area contributed by atoms with Gasteiger partial charge in [0.15, 0.2) is 5.13 Å². The minimum Gasteiger partial charge on any atom is -0.469 e. The predicted molar refractivity (Wildman–Crippen MR) is 118 cm³/mol. The van der Waals surface area contributed by atoms with E-state index in [1.807, 2.05) is 30.3 Å². The van der Waals surface area contributed by atoms with Gasteiger partial charge in [0.05, 0.1) is 30.4 Å². The lowest BCUT2D eigenvalue weighted by molar-refractivity contribution is -0.139. The Labute approximate surface area is 187 Å². The number of fused-ring (bicyclic) bond motifs is 1. The first-order chi connectivity index (χ1) is 15.5. The lowest BCUT2D eigenvalue weighted by atomic mass is 10.1. The Hall–Kier alpha value is -3.85. The Bertz CT molecular complexity index is 1210. The number of aromatic nitrogens is 1. The lowest BCUT2D eigenvalue weighted by Gasteiger charge is -2.13. The molecule has 0 bridgehead atoms. The van der Waals surface area contributed by atoms with E-state index in [0.29, 0.717) is 17.2 Å². The summed E-state index contributed by atoms with van der Waals surface area (Å²) in [6, 6.07) is 14.0. The van der Waals surface area contributed by atoms with Crippen LogP contribution in [0.3, 0.4) is 0 Å². The summed E-state index contributed by atoms with van der Waals surface area (Å²) in [5, 5.41) is 4.63. The smallest absolute Gasteiger partial charge is 0.311 e. The van der Waals surface area contributed by atoms with Crippen LogP contribution in [0, 0.1) is 0 Å². The van der Waals surface area contributed by atoms with Crippen LogP contribution < -0.4 is 5.32 Å². The van der Waals surface area contributed by atoms with E-state index in [1.165, 1.54) is 41.5 Å². The normalized spacial score (nSPS) is 12.6. The number of imide groups is 1. The average molecular weight is 449 g/mol. The number of esters is 1. The monoisotopic (exact) mass is 449 g/mol. The summed E-state index contributed by atoms with van der Waals surface area (Å²) in [4.78, 5) is 54.9. The van der Waals surface area contributed by atoms with Gasteiger partial charge in [-0.1, -0.05) is 30.3 Å².